The van der Waals surface area contributed by atoms with E-state index in [0.717, 1.165) is 56.7 Å². The highest BCUT2D eigenvalue weighted by Gasteiger charge is 2.54. The lowest BCUT2D eigenvalue weighted by molar-refractivity contribution is -0.147. The van der Waals surface area contributed by atoms with E-state index in [1.54, 1.807) is 0 Å². The molecule has 1 heterocycles. The minimum Gasteiger partial charge on any atom is -0.353 e. The number of hydrogen-bond acceptors (Lipinski definition) is 3. The van der Waals surface area contributed by atoms with Crippen LogP contribution in [0.2, 0.25) is 0 Å². The molecule has 0 spiro atoms. The van der Waals surface area contributed by atoms with Crippen molar-refractivity contribution in [2.75, 3.05) is 32.7 Å². The second-order valence-electron chi connectivity index (χ2n) is 8.78. The average Bonchev–Trinajstić information content (AvgIpc) is 3.04. The molecule has 0 aromatic heterocycles. The SMILES string of the molecule is O=C(CNC(=O)C12CC3CC(CC(C3)C1)C2)NCCN1CCCC1. The maximum absolute atomic E-state index is 12.8. The molecule has 0 aromatic carbocycles. The summed E-state index contributed by atoms with van der Waals surface area (Å²) in [6, 6.07) is 0. The van der Waals surface area contributed by atoms with Crippen LogP contribution in [0.15, 0.2) is 0 Å². The highest BCUT2D eigenvalue weighted by Crippen LogP contribution is 2.60. The molecule has 1 aliphatic heterocycles. The van der Waals surface area contributed by atoms with Crippen molar-refractivity contribution in [1.29, 1.82) is 0 Å². The standard InChI is InChI=1S/C19H31N3O2/c23-17(20-3-6-22-4-1-2-5-22)13-21-18(24)19-10-14-7-15(11-19)9-16(8-14)12-19/h14-16H,1-13H2,(H,20,23)(H,21,24). The summed E-state index contributed by atoms with van der Waals surface area (Å²) in [5.41, 5.74) is -0.148. The van der Waals surface area contributed by atoms with Crippen LogP contribution < -0.4 is 10.6 Å². The first-order valence-electron chi connectivity index (χ1n) is 9.90. The van der Waals surface area contributed by atoms with Gasteiger partial charge in [0.15, 0.2) is 0 Å². The summed E-state index contributed by atoms with van der Waals surface area (Å²) in [5.74, 6) is 2.38. The molecule has 5 fully saturated rings. The fraction of sp³-hybridized carbons (Fsp3) is 0.895. The molecule has 134 valence electrons. The van der Waals surface area contributed by atoms with Gasteiger partial charge < -0.3 is 15.5 Å². The van der Waals surface area contributed by atoms with Crippen molar-refractivity contribution in [2.45, 2.75) is 51.4 Å². The molecule has 4 bridgehead atoms. The van der Waals surface area contributed by atoms with E-state index in [2.05, 4.69) is 15.5 Å². The fourth-order valence-electron chi connectivity index (χ4n) is 6.16. The third-order valence-corrected chi connectivity index (χ3v) is 6.88. The van der Waals surface area contributed by atoms with Gasteiger partial charge in [0, 0.05) is 18.5 Å². The van der Waals surface area contributed by atoms with Crippen molar-refractivity contribution >= 4 is 11.8 Å². The molecule has 1 saturated heterocycles. The van der Waals surface area contributed by atoms with Crippen LogP contribution in [0, 0.1) is 23.2 Å². The summed E-state index contributed by atoms with van der Waals surface area (Å²) in [6.07, 6.45) is 9.73. The predicted molar refractivity (Wildman–Crippen MR) is 92.3 cm³/mol. The van der Waals surface area contributed by atoms with Crippen LogP contribution in [0.25, 0.3) is 0 Å². The molecule has 0 atom stereocenters. The third-order valence-electron chi connectivity index (χ3n) is 6.88. The van der Waals surface area contributed by atoms with Crippen LogP contribution in [0.5, 0.6) is 0 Å². The Hall–Kier alpha value is -1.10. The van der Waals surface area contributed by atoms with Gasteiger partial charge >= 0.3 is 0 Å². The van der Waals surface area contributed by atoms with E-state index in [4.69, 9.17) is 0 Å². The highest BCUT2D eigenvalue weighted by molar-refractivity contribution is 5.88. The summed E-state index contributed by atoms with van der Waals surface area (Å²) in [5, 5.41) is 5.90. The Balaban J connectivity index is 1.21. The number of carbonyl (C=O) groups is 2. The van der Waals surface area contributed by atoms with E-state index in [1.165, 1.54) is 32.1 Å². The molecule has 5 heteroatoms. The van der Waals surface area contributed by atoms with Crippen LogP contribution in [0.3, 0.4) is 0 Å². The Labute approximate surface area is 144 Å². The van der Waals surface area contributed by atoms with E-state index in [9.17, 15) is 9.59 Å². The largest absolute Gasteiger partial charge is 0.353 e. The maximum atomic E-state index is 12.8. The van der Waals surface area contributed by atoms with Crippen molar-refractivity contribution in [3.8, 4) is 0 Å². The molecule has 5 nitrogen and oxygen atoms in total. The van der Waals surface area contributed by atoms with Gasteiger partial charge in [-0.15, -0.1) is 0 Å². The van der Waals surface area contributed by atoms with E-state index < -0.39 is 0 Å². The van der Waals surface area contributed by atoms with Gasteiger partial charge in [0.05, 0.1) is 6.54 Å². The van der Waals surface area contributed by atoms with Crippen LogP contribution in [0.1, 0.15) is 51.4 Å². The zero-order valence-electron chi connectivity index (χ0n) is 14.7. The van der Waals surface area contributed by atoms with Crippen molar-refractivity contribution in [3.05, 3.63) is 0 Å². The van der Waals surface area contributed by atoms with Gasteiger partial charge in [0.25, 0.3) is 0 Å². The quantitative estimate of drug-likeness (QED) is 0.775. The molecule has 5 aliphatic rings. The number of rotatable bonds is 6. The van der Waals surface area contributed by atoms with E-state index >= 15 is 0 Å². The Kier molecular flexibility index (Phi) is 4.54. The summed E-state index contributed by atoms with van der Waals surface area (Å²) >= 11 is 0. The van der Waals surface area contributed by atoms with Gasteiger partial charge in [-0.1, -0.05) is 0 Å². The maximum Gasteiger partial charge on any atom is 0.239 e. The van der Waals surface area contributed by atoms with E-state index in [0.29, 0.717) is 6.54 Å². The van der Waals surface area contributed by atoms with Crippen LogP contribution in [-0.2, 0) is 9.59 Å². The van der Waals surface area contributed by atoms with Crippen molar-refractivity contribution < 1.29 is 9.59 Å². The van der Waals surface area contributed by atoms with Crippen LogP contribution in [0.4, 0.5) is 0 Å². The van der Waals surface area contributed by atoms with Crippen molar-refractivity contribution in [3.63, 3.8) is 0 Å². The smallest absolute Gasteiger partial charge is 0.239 e. The van der Waals surface area contributed by atoms with Crippen LogP contribution in [-0.4, -0.2) is 49.4 Å². The topological polar surface area (TPSA) is 61.4 Å². The third kappa shape index (κ3) is 3.32. The summed E-state index contributed by atoms with van der Waals surface area (Å²) in [7, 11) is 0. The molecule has 0 aromatic rings. The highest BCUT2D eigenvalue weighted by atomic mass is 16.2. The number of nitrogens with zero attached hydrogens (tertiary/aromatic N) is 1. The van der Waals surface area contributed by atoms with Gasteiger partial charge in [0.2, 0.25) is 11.8 Å². The predicted octanol–water partition coefficient (Wildman–Crippen LogP) is 1.53. The molecular weight excluding hydrogens is 302 g/mol. The molecule has 24 heavy (non-hydrogen) atoms. The Morgan fingerprint density at radius 3 is 2.08 bits per heavy atom. The van der Waals surface area contributed by atoms with E-state index in [-0.39, 0.29) is 23.8 Å². The lowest BCUT2D eigenvalue weighted by atomic mass is 9.49. The zero-order valence-corrected chi connectivity index (χ0v) is 14.7. The molecule has 2 amide bonds. The molecule has 4 aliphatic carbocycles. The molecular formula is C19H31N3O2. The number of nitrogens with one attached hydrogen (secondary N) is 2. The monoisotopic (exact) mass is 333 g/mol. The molecule has 2 N–H and O–H groups in total. The van der Waals surface area contributed by atoms with Gasteiger partial charge in [-0.05, 0) is 82.2 Å². The first-order valence-corrected chi connectivity index (χ1v) is 9.90. The average molecular weight is 333 g/mol. The lowest BCUT2D eigenvalue weighted by Crippen LogP contribution is -2.54. The van der Waals surface area contributed by atoms with E-state index in [1.807, 2.05) is 0 Å². The first-order chi connectivity index (χ1) is 11.6. The summed E-state index contributed by atoms with van der Waals surface area (Å²) < 4.78 is 0. The Morgan fingerprint density at radius 1 is 0.917 bits per heavy atom. The van der Waals surface area contributed by atoms with Gasteiger partial charge in [-0.3, -0.25) is 9.59 Å². The van der Waals surface area contributed by atoms with Gasteiger partial charge in [0.1, 0.15) is 0 Å². The molecule has 0 radical (unpaired) electrons. The minimum absolute atomic E-state index is 0.0488. The summed E-state index contributed by atoms with van der Waals surface area (Å²) in [4.78, 5) is 27.2. The second kappa shape index (κ2) is 6.66. The number of hydrogen-bond donors (Lipinski definition) is 2. The van der Waals surface area contributed by atoms with Gasteiger partial charge in [-0.25, -0.2) is 0 Å². The second-order valence-corrected chi connectivity index (χ2v) is 8.78. The molecule has 5 rings (SSSR count). The normalized spacial score (nSPS) is 37.6. The Bertz CT molecular complexity index is 464. The Morgan fingerprint density at radius 2 is 1.50 bits per heavy atom. The van der Waals surface area contributed by atoms with Gasteiger partial charge in [-0.2, -0.15) is 0 Å². The number of amides is 2. The van der Waals surface area contributed by atoms with Crippen LogP contribution >= 0.6 is 0 Å². The fourth-order valence-corrected chi connectivity index (χ4v) is 6.16. The summed E-state index contributed by atoms with van der Waals surface area (Å²) in [6.45, 7) is 4.05. The molecule has 0 unspecified atom stereocenters. The van der Waals surface area contributed by atoms with Crippen molar-refractivity contribution in [1.82, 2.24) is 15.5 Å². The first kappa shape index (κ1) is 16.4. The minimum atomic E-state index is -0.148. The van der Waals surface area contributed by atoms with Crippen molar-refractivity contribution in [2.24, 2.45) is 23.2 Å². The zero-order chi connectivity index (χ0) is 16.6. The number of likely N-dealkylation sites (tertiary alicyclic amines) is 1. The number of carbonyl (C=O) groups excluding carboxylic acids is 2. The molecule has 4 saturated carbocycles. The lowest BCUT2D eigenvalue weighted by Gasteiger charge is -2.55.